The van der Waals surface area contributed by atoms with Crippen LogP contribution in [0.2, 0.25) is 0 Å². The van der Waals surface area contributed by atoms with Crippen LogP contribution in [-0.4, -0.2) is 56.6 Å². The Balaban J connectivity index is 1.71. The summed E-state index contributed by atoms with van der Waals surface area (Å²) in [5.74, 6) is 0. The predicted molar refractivity (Wildman–Crippen MR) is 63.4 cm³/mol. The molecule has 94 valence electrons. The molecule has 1 aliphatic carbocycles. The highest BCUT2D eigenvalue weighted by atomic mass is 16.7. The topological polar surface area (TPSA) is 33.7 Å². The largest absolute Gasteiger partial charge is 0.355 e. The van der Waals surface area contributed by atoms with Crippen molar-refractivity contribution in [3.05, 3.63) is 0 Å². The van der Waals surface area contributed by atoms with Crippen LogP contribution < -0.4 is 5.32 Å². The predicted octanol–water partition coefficient (Wildman–Crippen LogP) is 0.820. The minimum absolute atomic E-state index is 0.120. The van der Waals surface area contributed by atoms with Crippen LogP contribution in [0.4, 0.5) is 0 Å². The molecule has 1 saturated carbocycles. The van der Waals surface area contributed by atoms with Crippen molar-refractivity contribution >= 4 is 0 Å². The van der Waals surface area contributed by atoms with Crippen LogP contribution in [0.15, 0.2) is 0 Å². The van der Waals surface area contributed by atoms with Gasteiger partial charge in [0.15, 0.2) is 6.29 Å². The van der Waals surface area contributed by atoms with Gasteiger partial charge >= 0.3 is 0 Å². The molecular formula is C12H24N2O2. The molecule has 4 nitrogen and oxygen atoms in total. The van der Waals surface area contributed by atoms with Gasteiger partial charge in [-0.2, -0.15) is 0 Å². The number of hydrogen-bond donors (Lipinski definition) is 1. The highest BCUT2D eigenvalue weighted by Gasteiger charge is 2.38. The van der Waals surface area contributed by atoms with Gasteiger partial charge in [0, 0.05) is 45.4 Å². The van der Waals surface area contributed by atoms with Gasteiger partial charge < -0.3 is 14.8 Å². The van der Waals surface area contributed by atoms with Crippen molar-refractivity contribution in [2.45, 2.75) is 50.6 Å². The summed E-state index contributed by atoms with van der Waals surface area (Å²) in [6, 6.07) is 2.21. The zero-order chi connectivity index (χ0) is 11.5. The van der Waals surface area contributed by atoms with Gasteiger partial charge in [-0.25, -0.2) is 0 Å². The lowest BCUT2D eigenvalue weighted by atomic mass is 10.2. The number of hydrogen-bond acceptors (Lipinski definition) is 4. The van der Waals surface area contributed by atoms with E-state index in [1.807, 2.05) is 0 Å². The Morgan fingerprint density at radius 1 is 1.31 bits per heavy atom. The zero-order valence-corrected chi connectivity index (χ0v) is 10.6. The summed E-state index contributed by atoms with van der Waals surface area (Å²) >= 11 is 0. The van der Waals surface area contributed by atoms with Gasteiger partial charge in [0.1, 0.15) is 0 Å². The molecule has 2 rings (SSSR count). The molecule has 2 aliphatic rings. The molecule has 0 radical (unpaired) electrons. The minimum atomic E-state index is -0.120. The quantitative estimate of drug-likeness (QED) is 0.683. The number of likely N-dealkylation sites (tertiary alicyclic amines) is 1. The Morgan fingerprint density at radius 2 is 2.00 bits per heavy atom. The lowest BCUT2D eigenvalue weighted by molar-refractivity contribution is -0.0997. The molecule has 0 spiro atoms. The van der Waals surface area contributed by atoms with Gasteiger partial charge in [-0.05, 0) is 26.2 Å². The molecule has 2 unspecified atom stereocenters. The normalized spacial score (nSPS) is 31.5. The van der Waals surface area contributed by atoms with Crippen LogP contribution in [0, 0.1) is 0 Å². The van der Waals surface area contributed by atoms with Gasteiger partial charge in [-0.1, -0.05) is 0 Å². The van der Waals surface area contributed by atoms with Crippen molar-refractivity contribution in [2.75, 3.05) is 27.3 Å². The smallest absolute Gasteiger partial charge is 0.169 e. The van der Waals surface area contributed by atoms with Gasteiger partial charge in [-0.3, -0.25) is 4.90 Å². The Kier molecular flexibility index (Phi) is 4.19. The first-order valence-corrected chi connectivity index (χ1v) is 6.29. The number of nitrogens with zero attached hydrogens (tertiary/aromatic N) is 1. The van der Waals surface area contributed by atoms with E-state index in [0.717, 1.165) is 18.6 Å². The molecule has 0 bridgehead atoms. The van der Waals surface area contributed by atoms with E-state index in [1.54, 1.807) is 14.2 Å². The highest BCUT2D eigenvalue weighted by Crippen LogP contribution is 2.33. The molecule has 4 heteroatoms. The van der Waals surface area contributed by atoms with Crippen LogP contribution >= 0.6 is 0 Å². The van der Waals surface area contributed by atoms with Gasteiger partial charge in [0.2, 0.25) is 0 Å². The molecule has 1 N–H and O–H groups in total. The lowest BCUT2D eigenvalue weighted by Gasteiger charge is -2.20. The summed E-state index contributed by atoms with van der Waals surface area (Å²) in [5.41, 5.74) is 0. The Labute approximate surface area is 98.3 Å². The number of methoxy groups -OCH3 is 2. The third-order valence-corrected chi connectivity index (χ3v) is 3.74. The Hall–Kier alpha value is -0.160. The number of nitrogens with one attached hydrogen (secondary N) is 1. The van der Waals surface area contributed by atoms with Crippen LogP contribution in [-0.2, 0) is 9.47 Å². The maximum Gasteiger partial charge on any atom is 0.169 e. The molecule has 0 aromatic carbocycles. The maximum absolute atomic E-state index is 5.17. The van der Waals surface area contributed by atoms with E-state index in [4.69, 9.17) is 9.47 Å². The van der Waals surface area contributed by atoms with Crippen LogP contribution in [0.25, 0.3) is 0 Å². The second-order valence-corrected chi connectivity index (χ2v) is 5.02. The first-order chi connectivity index (χ1) is 7.74. The molecule has 16 heavy (non-hydrogen) atoms. The second kappa shape index (κ2) is 5.45. The molecule has 1 saturated heterocycles. The van der Waals surface area contributed by atoms with Crippen molar-refractivity contribution in [1.29, 1.82) is 0 Å². The van der Waals surface area contributed by atoms with Crippen molar-refractivity contribution < 1.29 is 9.47 Å². The Bertz CT molecular complexity index is 217. The van der Waals surface area contributed by atoms with Crippen molar-refractivity contribution in [1.82, 2.24) is 10.2 Å². The zero-order valence-electron chi connectivity index (χ0n) is 10.6. The molecule has 0 aromatic heterocycles. The third-order valence-electron chi connectivity index (χ3n) is 3.74. The monoisotopic (exact) mass is 228 g/mol. The fraction of sp³-hybridized carbons (Fsp3) is 1.00. The van der Waals surface area contributed by atoms with E-state index < -0.39 is 0 Å². The van der Waals surface area contributed by atoms with Crippen LogP contribution in [0.1, 0.15) is 26.2 Å². The second-order valence-electron chi connectivity index (χ2n) is 5.02. The molecule has 0 aromatic rings. The van der Waals surface area contributed by atoms with E-state index in [0.29, 0.717) is 6.04 Å². The van der Waals surface area contributed by atoms with Gasteiger partial charge in [-0.15, -0.1) is 0 Å². The third kappa shape index (κ3) is 2.94. The number of rotatable bonds is 6. The average molecular weight is 228 g/mol. The summed E-state index contributed by atoms with van der Waals surface area (Å²) < 4.78 is 10.3. The van der Waals surface area contributed by atoms with Crippen molar-refractivity contribution in [2.24, 2.45) is 0 Å². The first kappa shape index (κ1) is 12.3. The van der Waals surface area contributed by atoms with Gasteiger partial charge in [0.05, 0.1) is 0 Å². The fourth-order valence-electron chi connectivity index (χ4n) is 2.64. The summed E-state index contributed by atoms with van der Waals surface area (Å²) in [5, 5.41) is 3.53. The summed E-state index contributed by atoms with van der Waals surface area (Å²) in [4.78, 5) is 2.65. The standard InChI is InChI=1S/C12H24N2O2/c1-9-6-10(8-14(9)11-4-5-11)13-7-12(15-2)16-3/h9-13H,4-8H2,1-3H3. The van der Waals surface area contributed by atoms with E-state index in [2.05, 4.69) is 17.1 Å². The Morgan fingerprint density at radius 3 is 2.56 bits per heavy atom. The first-order valence-electron chi connectivity index (χ1n) is 6.29. The van der Waals surface area contributed by atoms with Crippen LogP contribution in [0.5, 0.6) is 0 Å². The molecular weight excluding hydrogens is 204 g/mol. The average Bonchev–Trinajstić information content (AvgIpc) is 3.05. The van der Waals surface area contributed by atoms with Crippen molar-refractivity contribution in [3.63, 3.8) is 0 Å². The molecule has 1 aliphatic heterocycles. The molecule has 1 heterocycles. The van der Waals surface area contributed by atoms with Gasteiger partial charge in [0.25, 0.3) is 0 Å². The van der Waals surface area contributed by atoms with E-state index >= 15 is 0 Å². The lowest BCUT2D eigenvalue weighted by Crippen LogP contribution is -2.39. The summed E-state index contributed by atoms with van der Waals surface area (Å²) in [7, 11) is 3.37. The fourth-order valence-corrected chi connectivity index (χ4v) is 2.64. The molecule has 2 atom stereocenters. The summed E-state index contributed by atoms with van der Waals surface area (Å²) in [6.45, 7) is 4.30. The van der Waals surface area contributed by atoms with E-state index in [9.17, 15) is 0 Å². The maximum atomic E-state index is 5.17. The van der Waals surface area contributed by atoms with E-state index in [1.165, 1.54) is 25.8 Å². The van der Waals surface area contributed by atoms with Crippen molar-refractivity contribution in [3.8, 4) is 0 Å². The SMILES string of the molecule is COC(CNC1CC(C)N(C2CC2)C1)OC. The summed E-state index contributed by atoms with van der Waals surface area (Å²) in [6.07, 6.45) is 3.92. The highest BCUT2D eigenvalue weighted by molar-refractivity contribution is 4.95. The molecule has 2 fully saturated rings. The van der Waals surface area contributed by atoms with E-state index in [-0.39, 0.29) is 6.29 Å². The number of ether oxygens (including phenoxy) is 2. The molecule has 0 amide bonds. The minimum Gasteiger partial charge on any atom is -0.355 e. The van der Waals surface area contributed by atoms with Crippen LogP contribution in [0.3, 0.4) is 0 Å².